The minimum atomic E-state index is -3.67. The van der Waals surface area contributed by atoms with Gasteiger partial charge in [0.1, 0.15) is 12.3 Å². The summed E-state index contributed by atoms with van der Waals surface area (Å²) in [5, 5.41) is 2.91. The maximum absolute atomic E-state index is 12.7. The van der Waals surface area contributed by atoms with E-state index in [-0.39, 0.29) is 18.5 Å². The summed E-state index contributed by atoms with van der Waals surface area (Å²) in [6, 6.07) is 10.6. The number of anilines is 1. The van der Waals surface area contributed by atoms with Crippen LogP contribution in [-0.4, -0.2) is 34.2 Å². The number of hydrogen-bond acceptors (Lipinski definition) is 4. The molecule has 2 aromatic rings. The van der Waals surface area contributed by atoms with Gasteiger partial charge in [-0.1, -0.05) is 24.3 Å². The van der Waals surface area contributed by atoms with Crippen LogP contribution < -0.4 is 14.4 Å². The van der Waals surface area contributed by atoms with Gasteiger partial charge in [0.25, 0.3) is 0 Å². The highest BCUT2D eigenvalue weighted by Gasteiger charge is 2.24. The second kappa shape index (κ2) is 8.65. The highest BCUT2D eigenvalue weighted by atomic mass is 32.2. The van der Waals surface area contributed by atoms with E-state index < -0.39 is 10.0 Å². The molecule has 7 heteroatoms. The van der Waals surface area contributed by atoms with E-state index in [1.54, 1.807) is 24.3 Å². The number of benzene rings is 2. The summed E-state index contributed by atoms with van der Waals surface area (Å²) in [6.07, 6.45) is 1.07. The number of rotatable bonds is 7. The molecule has 0 unspecified atom stereocenters. The summed E-state index contributed by atoms with van der Waals surface area (Å²) in [4.78, 5) is 12.7. The minimum absolute atomic E-state index is 0.245. The molecule has 28 heavy (non-hydrogen) atoms. The highest BCUT2D eigenvalue weighted by molar-refractivity contribution is 7.92. The Balaban J connectivity index is 2.24. The molecule has 0 aliphatic heterocycles. The van der Waals surface area contributed by atoms with Crippen molar-refractivity contribution in [2.45, 2.75) is 33.7 Å². The van der Waals surface area contributed by atoms with Crippen LogP contribution in [0, 0.1) is 20.8 Å². The summed E-state index contributed by atoms with van der Waals surface area (Å²) in [5.74, 6) is 0.000219. The zero-order chi connectivity index (χ0) is 21.1. The highest BCUT2D eigenvalue weighted by Crippen LogP contribution is 2.29. The van der Waals surface area contributed by atoms with Crippen molar-refractivity contribution >= 4 is 21.6 Å². The number of hydrogen-bond donors (Lipinski definition) is 1. The zero-order valence-electron chi connectivity index (χ0n) is 17.2. The normalized spacial score (nSPS) is 12.4. The maximum Gasteiger partial charge on any atom is 0.241 e. The molecule has 0 heterocycles. The lowest BCUT2D eigenvalue weighted by Gasteiger charge is -2.25. The van der Waals surface area contributed by atoms with Crippen molar-refractivity contribution in [2.24, 2.45) is 0 Å². The lowest BCUT2D eigenvalue weighted by molar-refractivity contribution is -0.120. The number of aryl methyl sites for hydroxylation is 3. The number of carbonyl (C=O) groups excluding carboxylic acids is 1. The van der Waals surface area contributed by atoms with Crippen LogP contribution in [0.25, 0.3) is 0 Å². The standard InChI is InChI=1S/C21H28N2O4S/c1-14-11-16(3)18(12-15(14)2)17(4)22-21(24)13-23(28(6,25)26)19-9-7-8-10-20(19)27-5/h7-12,17H,13H2,1-6H3,(H,22,24)/t17-/m0/s1. The number of sulfonamides is 1. The maximum atomic E-state index is 12.7. The third-order valence-electron chi connectivity index (χ3n) is 4.77. The van der Waals surface area contributed by atoms with Crippen LogP contribution >= 0.6 is 0 Å². The Bertz CT molecular complexity index is 970. The molecule has 0 fully saturated rings. The van der Waals surface area contributed by atoms with Crippen molar-refractivity contribution in [2.75, 3.05) is 24.2 Å². The number of methoxy groups -OCH3 is 1. The molecular formula is C21H28N2O4S. The van der Waals surface area contributed by atoms with E-state index in [9.17, 15) is 13.2 Å². The molecular weight excluding hydrogens is 376 g/mol. The second-order valence-electron chi connectivity index (χ2n) is 7.02. The zero-order valence-corrected chi connectivity index (χ0v) is 18.1. The van der Waals surface area contributed by atoms with Crippen molar-refractivity contribution in [1.29, 1.82) is 0 Å². The Hall–Kier alpha value is -2.54. The van der Waals surface area contributed by atoms with E-state index in [2.05, 4.69) is 17.4 Å². The van der Waals surface area contributed by atoms with E-state index in [0.29, 0.717) is 11.4 Å². The largest absolute Gasteiger partial charge is 0.495 e. The fourth-order valence-corrected chi connectivity index (χ4v) is 4.02. The lowest BCUT2D eigenvalue weighted by atomic mass is 9.96. The van der Waals surface area contributed by atoms with Gasteiger partial charge >= 0.3 is 0 Å². The third-order valence-corrected chi connectivity index (χ3v) is 5.89. The van der Waals surface area contributed by atoms with Gasteiger partial charge in [-0.05, 0) is 62.1 Å². The van der Waals surface area contributed by atoms with Crippen LogP contribution in [-0.2, 0) is 14.8 Å². The quantitative estimate of drug-likeness (QED) is 0.769. The van der Waals surface area contributed by atoms with Gasteiger partial charge < -0.3 is 10.1 Å². The molecule has 1 amide bonds. The second-order valence-corrected chi connectivity index (χ2v) is 8.93. The van der Waals surface area contributed by atoms with E-state index in [1.165, 1.54) is 12.7 Å². The molecule has 1 atom stereocenters. The molecule has 0 aliphatic rings. The summed E-state index contributed by atoms with van der Waals surface area (Å²) in [7, 11) is -2.21. The fourth-order valence-electron chi connectivity index (χ4n) is 3.16. The summed E-state index contributed by atoms with van der Waals surface area (Å²) in [6.45, 7) is 7.64. The molecule has 152 valence electrons. The van der Waals surface area contributed by atoms with Crippen LogP contribution in [0.15, 0.2) is 36.4 Å². The smallest absolute Gasteiger partial charge is 0.241 e. The first kappa shape index (κ1) is 21.8. The number of para-hydroxylation sites is 2. The molecule has 0 saturated carbocycles. The van der Waals surface area contributed by atoms with Gasteiger partial charge in [-0.3, -0.25) is 9.10 Å². The first-order valence-corrected chi connectivity index (χ1v) is 10.9. The number of nitrogens with zero attached hydrogens (tertiary/aromatic N) is 1. The average molecular weight is 405 g/mol. The van der Waals surface area contributed by atoms with E-state index in [0.717, 1.165) is 27.3 Å². The molecule has 0 radical (unpaired) electrons. The van der Waals surface area contributed by atoms with E-state index in [4.69, 9.17) is 4.74 Å². The molecule has 2 rings (SSSR count). The molecule has 6 nitrogen and oxygen atoms in total. The number of carbonyl (C=O) groups is 1. The van der Waals surface area contributed by atoms with Crippen molar-refractivity contribution in [1.82, 2.24) is 5.32 Å². The van der Waals surface area contributed by atoms with Gasteiger partial charge in [-0.15, -0.1) is 0 Å². The van der Waals surface area contributed by atoms with Crippen molar-refractivity contribution in [3.8, 4) is 5.75 Å². The predicted octanol–water partition coefficient (Wildman–Crippen LogP) is 3.26. The van der Waals surface area contributed by atoms with Gasteiger partial charge in [0, 0.05) is 0 Å². The van der Waals surface area contributed by atoms with Crippen LogP contribution in [0.4, 0.5) is 5.69 Å². The predicted molar refractivity (Wildman–Crippen MR) is 112 cm³/mol. The topological polar surface area (TPSA) is 75.7 Å². The Labute approximate surface area is 167 Å². The van der Waals surface area contributed by atoms with Crippen LogP contribution in [0.1, 0.15) is 35.2 Å². The monoisotopic (exact) mass is 404 g/mol. The SMILES string of the molecule is COc1ccccc1N(CC(=O)N[C@@H](C)c1cc(C)c(C)cc1C)S(C)(=O)=O. The molecule has 0 aliphatic carbocycles. The number of nitrogens with one attached hydrogen (secondary N) is 1. The Morgan fingerprint density at radius 1 is 1.11 bits per heavy atom. The summed E-state index contributed by atoms with van der Waals surface area (Å²) in [5.41, 5.74) is 4.77. The molecule has 0 aromatic heterocycles. The van der Waals surface area contributed by atoms with Crippen LogP contribution in [0.3, 0.4) is 0 Å². The van der Waals surface area contributed by atoms with E-state index in [1.807, 2.05) is 27.7 Å². The molecule has 2 aromatic carbocycles. The third kappa shape index (κ3) is 5.04. The first-order valence-electron chi connectivity index (χ1n) is 9.02. The van der Waals surface area contributed by atoms with Gasteiger partial charge in [0.15, 0.2) is 0 Å². The van der Waals surface area contributed by atoms with Gasteiger partial charge in [-0.2, -0.15) is 0 Å². The first-order chi connectivity index (χ1) is 13.0. The molecule has 0 spiro atoms. The van der Waals surface area contributed by atoms with E-state index >= 15 is 0 Å². The van der Waals surface area contributed by atoms with Crippen molar-refractivity contribution < 1.29 is 17.9 Å². The van der Waals surface area contributed by atoms with Gasteiger partial charge in [0.2, 0.25) is 15.9 Å². The van der Waals surface area contributed by atoms with Crippen LogP contribution in [0.5, 0.6) is 5.75 Å². The molecule has 0 bridgehead atoms. The van der Waals surface area contributed by atoms with Gasteiger partial charge in [-0.25, -0.2) is 8.42 Å². The molecule has 0 saturated heterocycles. The summed E-state index contributed by atoms with van der Waals surface area (Å²) >= 11 is 0. The van der Waals surface area contributed by atoms with Gasteiger partial charge in [0.05, 0.1) is 25.1 Å². The average Bonchev–Trinajstić information content (AvgIpc) is 2.61. The Kier molecular flexibility index (Phi) is 6.72. The van der Waals surface area contributed by atoms with Crippen molar-refractivity contribution in [3.05, 3.63) is 58.7 Å². The fraction of sp³-hybridized carbons (Fsp3) is 0.381. The number of ether oxygens (including phenoxy) is 1. The molecule has 1 N–H and O–H groups in total. The lowest BCUT2D eigenvalue weighted by Crippen LogP contribution is -2.41. The Morgan fingerprint density at radius 2 is 1.71 bits per heavy atom. The van der Waals surface area contributed by atoms with Crippen molar-refractivity contribution in [3.63, 3.8) is 0 Å². The number of amides is 1. The Morgan fingerprint density at radius 3 is 2.32 bits per heavy atom. The van der Waals surface area contributed by atoms with Crippen LogP contribution in [0.2, 0.25) is 0 Å². The summed E-state index contributed by atoms with van der Waals surface area (Å²) < 4.78 is 30.9. The minimum Gasteiger partial charge on any atom is -0.495 e.